The van der Waals surface area contributed by atoms with Crippen molar-refractivity contribution in [3.63, 3.8) is 0 Å². The summed E-state index contributed by atoms with van der Waals surface area (Å²) in [6, 6.07) is 6.10. The molecule has 2 amide bonds. The fraction of sp³-hybridized carbons (Fsp3) is 0.154. The topological polar surface area (TPSA) is 66.9 Å². The highest BCUT2D eigenvalue weighted by molar-refractivity contribution is 6.42. The van der Waals surface area contributed by atoms with E-state index in [0.717, 1.165) is 5.69 Å². The minimum atomic E-state index is -0.416. The number of rotatable bonds is 2. The highest BCUT2D eigenvalue weighted by Gasteiger charge is 2.06. The molecule has 7 heteroatoms. The third kappa shape index (κ3) is 3.82. The molecule has 0 bridgehead atoms. The third-order valence-corrected chi connectivity index (χ3v) is 3.12. The molecule has 0 aliphatic carbocycles. The van der Waals surface area contributed by atoms with Crippen molar-refractivity contribution < 1.29 is 4.79 Å². The van der Waals surface area contributed by atoms with Crippen LogP contribution in [0, 0.1) is 13.8 Å². The summed E-state index contributed by atoms with van der Waals surface area (Å²) in [5.41, 5.74) is 1.32. The molecule has 1 aromatic carbocycles. The standard InChI is InChI=1S/C13H12Cl2N4O/c1-7-5-12(17-8(2)16-7)19-13(20)18-9-3-4-10(14)11(15)6-9/h3-6H,1-2H3,(H2,16,17,18,19,20). The predicted molar refractivity (Wildman–Crippen MR) is 80.6 cm³/mol. The number of halogens is 2. The maximum atomic E-state index is 11.8. The van der Waals surface area contributed by atoms with Crippen molar-refractivity contribution in [2.24, 2.45) is 0 Å². The number of benzene rings is 1. The minimum Gasteiger partial charge on any atom is -0.308 e. The van der Waals surface area contributed by atoms with Gasteiger partial charge in [-0.1, -0.05) is 23.2 Å². The van der Waals surface area contributed by atoms with E-state index in [-0.39, 0.29) is 0 Å². The Bertz CT molecular complexity index is 641. The zero-order valence-corrected chi connectivity index (χ0v) is 12.4. The summed E-state index contributed by atoms with van der Waals surface area (Å²) in [4.78, 5) is 20.1. The Labute approximate surface area is 126 Å². The van der Waals surface area contributed by atoms with Crippen LogP contribution >= 0.6 is 23.2 Å². The lowest BCUT2D eigenvalue weighted by molar-refractivity contribution is 0.262. The van der Waals surface area contributed by atoms with Gasteiger partial charge in [0.15, 0.2) is 0 Å². The maximum absolute atomic E-state index is 11.8. The molecule has 0 aliphatic rings. The number of nitrogens with zero attached hydrogens (tertiary/aromatic N) is 2. The molecule has 0 saturated heterocycles. The van der Waals surface area contributed by atoms with Crippen LogP contribution in [0.4, 0.5) is 16.3 Å². The van der Waals surface area contributed by atoms with E-state index in [2.05, 4.69) is 20.6 Å². The van der Waals surface area contributed by atoms with Gasteiger partial charge in [-0.2, -0.15) is 0 Å². The van der Waals surface area contributed by atoms with Gasteiger partial charge in [0.1, 0.15) is 11.6 Å². The van der Waals surface area contributed by atoms with Gasteiger partial charge in [-0.15, -0.1) is 0 Å². The molecule has 0 aliphatic heterocycles. The Kier molecular flexibility index (Phi) is 4.42. The molecule has 2 aromatic rings. The lowest BCUT2D eigenvalue weighted by Crippen LogP contribution is -2.20. The molecule has 1 heterocycles. The largest absolute Gasteiger partial charge is 0.324 e. The van der Waals surface area contributed by atoms with Crippen molar-refractivity contribution >= 4 is 40.7 Å². The molecule has 0 spiro atoms. The molecule has 0 atom stereocenters. The van der Waals surface area contributed by atoms with Crippen LogP contribution in [-0.2, 0) is 0 Å². The Morgan fingerprint density at radius 2 is 1.80 bits per heavy atom. The molecular weight excluding hydrogens is 299 g/mol. The molecule has 20 heavy (non-hydrogen) atoms. The third-order valence-electron chi connectivity index (χ3n) is 2.39. The van der Waals surface area contributed by atoms with Gasteiger partial charge >= 0.3 is 6.03 Å². The van der Waals surface area contributed by atoms with Crippen LogP contribution in [0.15, 0.2) is 24.3 Å². The molecule has 2 N–H and O–H groups in total. The number of hydrogen-bond donors (Lipinski definition) is 2. The average Bonchev–Trinajstić information content (AvgIpc) is 2.32. The maximum Gasteiger partial charge on any atom is 0.324 e. The zero-order chi connectivity index (χ0) is 14.7. The highest BCUT2D eigenvalue weighted by atomic mass is 35.5. The molecule has 0 saturated carbocycles. The van der Waals surface area contributed by atoms with E-state index in [0.29, 0.717) is 27.4 Å². The van der Waals surface area contributed by atoms with E-state index < -0.39 is 6.03 Å². The van der Waals surface area contributed by atoms with Crippen LogP contribution < -0.4 is 10.6 Å². The van der Waals surface area contributed by atoms with Crippen molar-refractivity contribution in [2.45, 2.75) is 13.8 Å². The molecule has 104 valence electrons. The van der Waals surface area contributed by atoms with Gasteiger partial charge in [0.25, 0.3) is 0 Å². The Morgan fingerprint density at radius 3 is 2.45 bits per heavy atom. The quantitative estimate of drug-likeness (QED) is 0.879. The second-order valence-electron chi connectivity index (χ2n) is 4.15. The van der Waals surface area contributed by atoms with Gasteiger partial charge in [-0.25, -0.2) is 14.8 Å². The molecule has 0 radical (unpaired) electrons. The highest BCUT2D eigenvalue weighted by Crippen LogP contribution is 2.25. The lowest BCUT2D eigenvalue weighted by atomic mass is 10.3. The normalized spacial score (nSPS) is 10.2. The van der Waals surface area contributed by atoms with Gasteiger partial charge in [0, 0.05) is 17.4 Å². The zero-order valence-electron chi connectivity index (χ0n) is 10.9. The number of amides is 2. The number of aryl methyl sites for hydroxylation is 2. The van der Waals surface area contributed by atoms with E-state index in [1.165, 1.54) is 0 Å². The second kappa shape index (κ2) is 6.07. The van der Waals surface area contributed by atoms with Gasteiger partial charge < -0.3 is 5.32 Å². The van der Waals surface area contributed by atoms with Crippen LogP contribution in [0.5, 0.6) is 0 Å². The Hall–Kier alpha value is -1.85. The van der Waals surface area contributed by atoms with Gasteiger partial charge in [-0.3, -0.25) is 5.32 Å². The first kappa shape index (κ1) is 14.6. The number of nitrogens with one attached hydrogen (secondary N) is 2. The first-order valence-corrected chi connectivity index (χ1v) is 6.55. The van der Waals surface area contributed by atoms with Crippen molar-refractivity contribution in [1.82, 2.24) is 9.97 Å². The van der Waals surface area contributed by atoms with Crippen LogP contribution in [0.1, 0.15) is 11.5 Å². The number of hydrogen-bond acceptors (Lipinski definition) is 3. The van der Waals surface area contributed by atoms with Crippen LogP contribution in [0.3, 0.4) is 0 Å². The fourth-order valence-electron chi connectivity index (χ4n) is 1.63. The summed E-state index contributed by atoms with van der Waals surface area (Å²) in [6.45, 7) is 3.59. The molecule has 5 nitrogen and oxygen atoms in total. The average molecular weight is 311 g/mol. The van der Waals surface area contributed by atoms with Crippen molar-refractivity contribution in [3.8, 4) is 0 Å². The van der Waals surface area contributed by atoms with Crippen molar-refractivity contribution in [2.75, 3.05) is 10.6 Å². The van der Waals surface area contributed by atoms with E-state index >= 15 is 0 Å². The van der Waals surface area contributed by atoms with Crippen molar-refractivity contribution in [1.29, 1.82) is 0 Å². The first-order valence-electron chi connectivity index (χ1n) is 5.79. The van der Waals surface area contributed by atoms with E-state index in [1.54, 1.807) is 31.2 Å². The van der Waals surface area contributed by atoms with Crippen molar-refractivity contribution in [3.05, 3.63) is 45.8 Å². The molecule has 0 fully saturated rings. The second-order valence-corrected chi connectivity index (χ2v) is 4.96. The summed E-state index contributed by atoms with van der Waals surface area (Å²) in [6.07, 6.45) is 0. The molecule has 1 aromatic heterocycles. The number of anilines is 2. The predicted octanol–water partition coefficient (Wildman–Crippen LogP) is 4.04. The van der Waals surface area contributed by atoms with Crippen LogP contribution in [-0.4, -0.2) is 16.0 Å². The first-order chi connectivity index (χ1) is 9.44. The Morgan fingerprint density at radius 1 is 1.05 bits per heavy atom. The van der Waals surface area contributed by atoms with Crippen LogP contribution in [0.2, 0.25) is 10.0 Å². The van der Waals surface area contributed by atoms with Gasteiger partial charge in [0.2, 0.25) is 0 Å². The summed E-state index contributed by atoms with van der Waals surface area (Å²) >= 11 is 11.7. The SMILES string of the molecule is Cc1cc(NC(=O)Nc2ccc(Cl)c(Cl)c2)nc(C)n1. The molecule has 2 rings (SSSR count). The summed E-state index contributed by atoms with van der Waals surface area (Å²) < 4.78 is 0. The Balaban J connectivity index is 2.06. The van der Waals surface area contributed by atoms with Crippen LogP contribution in [0.25, 0.3) is 0 Å². The summed E-state index contributed by atoms with van der Waals surface area (Å²) in [5, 5.41) is 6.08. The minimum absolute atomic E-state index is 0.373. The summed E-state index contributed by atoms with van der Waals surface area (Å²) in [5.74, 6) is 1.03. The van der Waals surface area contributed by atoms with E-state index in [1.807, 2.05) is 6.92 Å². The lowest BCUT2D eigenvalue weighted by Gasteiger charge is -2.08. The monoisotopic (exact) mass is 310 g/mol. The number of carbonyl (C=O) groups excluding carboxylic acids is 1. The smallest absolute Gasteiger partial charge is 0.308 e. The molecule has 0 unspecified atom stereocenters. The van der Waals surface area contributed by atoms with Gasteiger partial charge in [0.05, 0.1) is 10.0 Å². The van der Waals surface area contributed by atoms with Gasteiger partial charge in [-0.05, 0) is 32.0 Å². The molecular formula is C13H12Cl2N4O. The number of carbonyl (C=O) groups is 1. The van der Waals surface area contributed by atoms with E-state index in [4.69, 9.17) is 23.2 Å². The number of aromatic nitrogens is 2. The number of urea groups is 1. The summed E-state index contributed by atoms with van der Waals surface area (Å²) in [7, 11) is 0. The van der Waals surface area contributed by atoms with E-state index in [9.17, 15) is 4.79 Å². The fourth-order valence-corrected chi connectivity index (χ4v) is 1.93.